The van der Waals surface area contributed by atoms with Crippen LogP contribution in [0.1, 0.15) is 9.67 Å². The fourth-order valence-electron chi connectivity index (χ4n) is 2.45. The van der Waals surface area contributed by atoms with Crippen molar-refractivity contribution in [1.82, 2.24) is 5.32 Å². The first-order valence-corrected chi connectivity index (χ1v) is 10.2. The van der Waals surface area contributed by atoms with Crippen LogP contribution < -0.4 is 25.4 Å². The maximum Gasteiger partial charge on any atom is 0.265 e. The fraction of sp³-hybridized carbons (Fsp3) is 0.0952. The van der Waals surface area contributed by atoms with E-state index in [1.807, 2.05) is 29.6 Å². The fourth-order valence-corrected chi connectivity index (χ4v) is 3.31. The summed E-state index contributed by atoms with van der Waals surface area (Å²) in [6.45, 7) is -0.164. The van der Waals surface area contributed by atoms with Gasteiger partial charge in [0.15, 0.2) is 11.7 Å². The number of ether oxygens (including phenoxy) is 2. The molecule has 1 heterocycles. The number of carbonyl (C=O) groups is 2. The number of thiocarbonyl (C=S) groups is 1. The second-order valence-electron chi connectivity index (χ2n) is 5.95. The van der Waals surface area contributed by atoms with Crippen molar-refractivity contribution in [2.45, 2.75) is 0 Å². The number of hydrogen-bond donors (Lipinski definition) is 3. The first kappa shape index (κ1) is 21.3. The van der Waals surface area contributed by atoms with Crippen LogP contribution in [0.25, 0.3) is 0 Å². The maximum absolute atomic E-state index is 12.2. The van der Waals surface area contributed by atoms with Gasteiger partial charge in [-0.1, -0.05) is 24.3 Å². The van der Waals surface area contributed by atoms with Crippen LogP contribution in [0.2, 0.25) is 0 Å². The smallest absolute Gasteiger partial charge is 0.265 e. The lowest BCUT2D eigenvalue weighted by Gasteiger charge is -2.14. The van der Waals surface area contributed by atoms with Crippen molar-refractivity contribution in [3.63, 3.8) is 0 Å². The lowest BCUT2D eigenvalue weighted by atomic mass is 10.2. The van der Waals surface area contributed by atoms with Crippen molar-refractivity contribution in [1.29, 1.82) is 0 Å². The molecule has 0 unspecified atom stereocenters. The highest BCUT2D eigenvalue weighted by atomic mass is 32.1. The molecule has 3 rings (SSSR count). The van der Waals surface area contributed by atoms with Crippen LogP contribution in [0.15, 0.2) is 66.0 Å². The molecule has 0 spiro atoms. The zero-order chi connectivity index (χ0) is 21.3. The number of anilines is 2. The predicted octanol–water partition coefficient (Wildman–Crippen LogP) is 3.90. The van der Waals surface area contributed by atoms with Crippen LogP contribution in [0.4, 0.5) is 11.4 Å². The van der Waals surface area contributed by atoms with Crippen molar-refractivity contribution in [2.24, 2.45) is 0 Å². The maximum atomic E-state index is 12.2. The molecule has 0 radical (unpaired) electrons. The number of thiophene rings is 1. The Morgan fingerprint density at radius 3 is 2.53 bits per heavy atom. The van der Waals surface area contributed by atoms with Crippen LogP contribution in [0.3, 0.4) is 0 Å². The molecule has 0 saturated carbocycles. The Morgan fingerprint density at radius 2 is 1.83 bits per heavy atom. The Bertz CT molecular complexity index is 1020. The van der Waals surface area contributed by atoms with Gasteiger partial charge < -0.3 is 20.1 Å². The third-order valence-electron chi connectivity index (χ3n) is 3.82. The van der Waals surface area contributed by atoms with Gasteiger partial charge in [-0.05, 0) is 47.9 Å². The first-order chi connectivity index (χ1) is 14.5. The minimum atomic E-state index is -0.386. The first-order valence-electron chi connectivity index (χ1n) is 8.86. The lowest BCUT2D eigenvalue weighted by molar-refractivity contribution is -0.121. The predicted molar refractivity (Wildman–Crippen MR) is 122 cm³/mol. The number of para-hydroxylation sites is 1. The second-order valence-corrected chi connectivity index (χ2v) is 7.31. The number of carbonyl (C=O) groups excluding carboxylic acids is 2. The largest absolute Gasteiger partial charge is 0.494 e. The Morgan fingerprint density at radius 1 is 1.03 bits per heavy atom. The molecule has 0 aliphatic heterocycles. The molecule has 3 N–H and O–H groups in total. The number of methoxy groups -OCH3 is 1. The van der Waals surface area contributed by atoms with Gasteiger partial charge in [-0.15, -0.1) is 11.3 Å². The van der Waals surface area contributed by atoms with Crippen molar-refractivity contribution in [3.05, 3.63) is 70.9 Å². The van der Waals surface area contributed by atoms with Crippen LogP contribution in [0, 0.1) is 0 Å². The van der Waals surface area contributed by atoms with Crippen molar-refractivity contribution in [3.8, 4) is 11.5 Å². The zero-order valence-corrected chi connectivity index (χ0v) is 17.6. The van der Waals surface area contributed by atoms with E-state index in [4.69, 9.17) is 21.7 Å². The lowest BCUT2D eigenvalue weighted by Crippen LogP contribution is -2.37. The molecule has 0 fully saturated rings. The minimum Gasteiger partial charge on any atom is -0.494 e. The Hall–Kier alpha value is -3.43. The second kappa shape index (κ2) is 10.4. The third-order valence-corrected chi connectivity index (χ3v) is 4.89. The summed E-state index contributed by atoms with van der Waals surface area (Å²) in [5.74, 6) is 0.441. The number of nitrogens with one attached hydrogen (secondary N) is 3. The molecule has 9 heteroatoms. The molecule has 2 aromatic carbocycles. The average molecular weight is 442 g/mol. The van der Waals surface area contributed by atoms with Gasteiger partial charge in [-0.2, -0.15) is 0 Å². The molecule has 7 nitrogen and oxygen atoms in total. The number of amides is 2. The van der Waals surface area contributed by atoms with E-state index in [0.717, 1.165) is 0 Å². The van der Waals surface area contributed by atoms with E-state index in [1.54, 1.807) is 36.4 Å². The van der Waals surface area contributed by atoms with Crippen LogP contribution >= 0.6 is 23.6 Å². The van der Waals surface area contributed by atoms with Crippen LogP contribution in [-0.4, -0.2) is 30.6 Å². The van der Waals surface area contributed by atoms with Crippen molar-refractivity contribution >= 4 is 51.9 Å². The van der Waals surface area contributed by atoms with E-state index < -0.39 is 0 Å². The minimum absolute atomic E-state index is 0.120. The van der Waals surface area contributed by atoms with Gasteiger partial charge in [0.25, 0.3) is 11.8 Å². The molecule has 1 aromatic heterocycles. The Kier molecular flexibility index (Phi) is 7.36. The molecule has 0 aliphatic rings. The summed E-state index contributed by atoms with van der Waals surface area (Å²) < 4.78 is 10.7. The number of benzene rings is 2. The Labute approximate surface area is 183 Å². The molecule has 0 atom stereocenters. The highest BCUT2D eigenvalue weighted by Crippen LogP contribution is 2.28. The molecule has 30 heavy (non-hydrogen) atoms. The molecule has 0 saturated heterocycles. The Balaban J connectivity index is 1.54. The van der Waals surface area contributed by atoms with E-state index in [1.165, 1.54) is 18.4 Å². The van der Waals surface area contributed by atoms with Crippen LogP contribution in [0.5, 0.6) is 11.5 Å². The highest BCUT2D eigenvalue weighted by Gasteiger charge is 2.12. The molecule has 0 aliphatic carbocycles. The van der Waals surface area contributed by atoms with E-state index in [-0.39, 0.29) is 23.5 Å². The summed E-state index contributed by atoms with van der Waals surface area (Å²) in [7, 11) is 1.50. The zero-order valence-electron chi connectivity index (χ0n) is 16.0. The molecular formula is C21H19N3O4S2. The molecule has 0 bridgehead atoms. The van der Waals surface area contributed by atoms with Gasteiger partial charge in [-0.3, -0.25) is 14.9 Å². The summed E-state index contributed by atoms with van der Waals surface area (Å²) in [5, 5.41) is 10.2. The standard InChI is InChI=1S/C21H19N3O4S2/c1-27-17-12-14(9-10-16(17)23-20(26)18-8-5-11-30-18)22-21(29)24-19(25)13-28-15-6-3-2-4-7-15/h2-12H,13H2,1H3,(H,23,26)(H2,22,24,25,29). The number of rotatable bonds is 7. The molecule has 154 valence electrons. The van der Waals surface area contributed by atoms with Crippen molar-refractivity contribution < 1.29 is 19.1 Å². The normalized spacial score (nSPS) is 10.0. The van der Waals surface area contributed by atoms with E-state index in [2.05, 4.69) is 16.0 Å². The van der Waals surface area contributed by atoms with E-state index >= 15 is 0 Å². The molecular weight excluding hydrogens is 422 g/mol. The summed E-state index contributed by atoms with van der Waals surface area (Å²) in [6, 6.07) is 17.6. The third kappa shape index (κ3) is 6.03. The van der Waals surface area contributed by atoms with E-state index in [0.29, 0.717) is 27.8 Å². The van der Waals surface area contributed by atoms with Gasteiger partial charge in [0.2, 0.25) is 0 Å². The summed E-state index contributed by atoms with van der Waals surface area (Å²) in [5.41, 5.74) is 1.11. The van der Waals surface area contributed by atoms with Gasteiger partial charge in [-0.25, -0.2) is 0 Å². The quantitative estimate of drug-likeness (QED) is 0.482. The van der Waals surface area contributed by atoms with Crippen LogP contribution in [-0.2, 0) is 4.79 Å². The SMILES string of the molecule is COc1cc(NC(=S)NC(=O)COc2ccccc2)ccc1NC(=O)c1cccs1. The highest BCUT2D eigenvalue weighted by molar-refractivity contribution is 7.80. The number of hydrogen-bond acceptors (Lipinski definition) is 6. The molecule has 2 amide bonds. The van der Waals surface area contributed by atoms with Gasteiger partial charge in [0.05, 0.1) is 17.7 Å². The summed E-state index contributed by atoms with van der Waals surface area (Å²) >= 11 is 6.52. The summed E-state index contributed by atoms with van der Waals surface area (Å²) in [6.07, 6.45) is 0. The topological polar surface area (TPSA) is 88.7 Å². The molecule has 3 aromatic rings. The van der Waals surface area contributed by atoms with Gasteiger partial charge >= 0.3 is 0 Å². The average Bonchev–Trinajstić information content (AvgIpc) is 3.29. The van der Waals surface area contributed by atoms with Gasteiger partial charge in [0, 0.05) is 11.8 Å². The van der Waals surface area contributed by atoms with E-state index in [9.17, 15) is 9.59 Å². The van der Waals surface area contributed by atoms with Crippen molar-refractivity contribution in [2.75, 3.05) is 24.4 Å². The van der Waals surface area contributed by atoms with Gasteiger partial charge in [0.1, 0.15) is 11.5 Å². The monoisotopic (exact) mass is 441 g/mol. The summed E-state index contributed by atoms with van der Waals surface area (Å²) in [4.78, 5) is 24.8.